The van der Waals surface area contributed by atoms with E-state index < -0.39 is 9.84 Å². The first-order valence-corrected chi connectivity index (χ1v) is 8.76. The number of rotatable bonds is 8. The van der Waals surface area contributed by atoms with Crippen LogP contribution in [0.3, 0.4) is 0 Å². The van der Waals surface area contributed by atoms with Gasteiger partial charge in [0, 0.05) is 23.2 Å². The van der Waals surface area contributed by atoms with Crippen LogP contribution in [0.2, 0.25) is 0 Å². The lowest BCUT2D eigenvalue weighted by atomic mass is 10.2. The van der Waals surface area contributed by atoms with Gasteiger partial charge in [-0.05, 0) is 24.3 Å². The highest BCUT2D eigenvalue weighted by molar-refractivity contribution is 7.91. The molecule has 1 heterocycles. The first kappa shape index (κ1) is 14.7. The second-order valence-electron chi connectivity index (χ2n) is 4.08. The van der Waals surface area contributed by atoms with Gasteiger partial charge in [0.05, 0.1) is 5.75 Å². The van der Waals surface area contributed by atoms with Crippen LogP contribution in [0, 0.1) is 0 Å². The predicted molar refractivity (Wildman–Crippen MR) is 74.3 cm³/mol. The van der Waals surface area contributed by atoms with E-state index in [9.17, 15) is 8.42 Å². The Bertz CT molecular complexity index is 398. The molecule has 0 aromatic carbocycles. The van der Waals surface area contributed by atoms with Gasteiger partial charge in [-0.2, -0.15) is 0 Å². The fourth-order valence-corrected chi connectivity index (χ4v) is 3.88. The van der Waals surface area contributed by atoms with Crippen LogP contribution in [0.4, 0.5) is 0 Å². The van der Waals surface area contributed by atoms with Gasteiger partial charge in [-0.1, -0.05) is 19.9 Å². The Morgan fingerprint density at radius 2 is 2.12 bits per heavy atom. The van der Waals surface area contributed by atoms with Crippen molar-refractivity contribution in [3.8, 4) is 0 Å². The van der Waals surface area contributed by atoms with E-state index in [1.165, 1.54) is 4.88 Å². The van der Waals surface area contributed by atoms with E-state index in [0.717, 1.165) is 6.42 Å². The lowest BCUT2D eigenvalue weighted by Crippen LogP contribution is -2.27. The summed E-state index contributed by atoms with van der Waals surface area (Å²) in [6.45, 7) is 4.54. The number of hydrogen-bond donors (Lipinski definition) is 1. The Morgan fingerprint density at radius 3 is 2.65 bits per heavy atom. The van der Waals surface area contributed by atoms with Crippen molar-refractivity contribution in [2.24, 2.45) is 0 Å². The minimum absolute atomic E-state index is 0.239. The summed E-state index contributed by atoms with van der Waals surface area (Å²) in [4.78, 5) is 1.28. The van der Waals surface area contributed by atoms with Crippen LogP contribution in [0.5, 0.6) is 0 Å². The Hall–Kier alpha value is -0.390. The van der Waals surface area contributed by atoms with Crippen molar-refractivity contribution in [2.75, 3.05) is 18.1 Å². The normalized spacial score (nSPS) is 13.8. The second-order valence-corrected chi connectivity index (χ2v) is 7.37. The third-order valence-corrected chi connectivity index (χ3v) is 5.46. The molecule has 98 valence electrons. The molecule has 1 unspecified atom stereocenters. The van der Waals surface area contributed by atoms with Gasteiger partial charge in [0.2, 0.25) is 0 Å². The minimum atomic E-state index is -2.86. The van der Waals surface area contributed by atoms with Gasteiger partial charge in [-0.15, -0.1) is 11.3 Å². The predicted octanol–water partition coefficient (Wildman–Crippen LogP) is 2.61. The van der Waals surface area contributed by atoms with Crippen molar-refractivity contribution in [3.63, 3.8) is 0 Å². The van der Waals surface area contributed by atoms with Gasteiger partial charge in [-0.25, -0.2) is 8.42 Å². The summed E-state index contributed by atoms with van der Waals surface area (Å²) in [7, 11) is -2.86. The molecule has 5 heteroatoms. The molecule has 0 spiro atoms. The number of thiophene rings is 1. The second kappa shape index (κ2) is 7.13. The van der Waals surface area contributed by atoms with Gasteiger partial charge < -0.3 is 5.32 Å². The maximum absolute atomic E-state index is 11.5. The molecular weight excluding hydrogens is 254 g/mol. The third kappa shape index (κ3) is 5.19. The maximum Gasteiger partial charge on any atom is 0.151 e. The lowest BCUT2D eigenvalue weighted by Gasteiger charge is -2.15. The molecule has 0 radical (unpaired) electrons. The van der Waals surface area contributed by atoms with E-state index in [0.29, 0.717) is 18.7 Å². The Balaban J connectivity index is 2.39. The van der Waals surface area contributed by atoms with Crippen molar-refractivity contribution in [1.82, 2.24) is 5.32 Å². The third-order valence-electron chi connectivity index (χ3n) is 2.61. The Kier molecular flexibility index (Phi) is 6.16. The molecule has 0 fully saturated rings. The molecular formula is C12H21NO2S2. The molecule has 0 saturated heterocycles. The highest BCUT2D eigenvalue weighted by Crippen LogP contribution is 2.21. The van der Waals surface area contributed by atoms with Crippen molar-refractivity contribution in [3.05, 3.63) is 22.4 Å². The van der Waals surface area contributed by atoms with E-state index in [1.807, 2.05) is 18.4 Å². The fourth-order valence-electron chi connectivity index (χ4n) is 1.74. The van der Waals surface area contributed by atoms with Crippen LogP contribution in [0.25, 0.3) is 0 Å². The molecule has 1 aromatic rings. The van der Waals surface area contributed by atoms with E-state index in [-0.39, 0.29) is 11.8 Å². The molecule has 0 bridgehead atoms. The average Bonchev–Trinajstić information content (AvgIpc) is 2.77. The molecule has 1 atom stereocenters. The summed E-state index contributed by atoms with van der Waals surface area (Å²) in [5, 5.41) is 5.37. The average molecular weight is 275 g/mol. The SMILES string of the molecule is CCCS(=O)(=O)CCNC(CC)c1cccs1. The summed E-state index contributed by atoms with van der Waals surface area (Å²) in [5.74, 6) is 0.535. The van der Waals surface area contributed by atoms with Gasteiger partial charge in [0.1, 0.15) is 0 Å². The van der Waals surface area contributed by atoms with Crippen molar-refractivity contribution < 1.29 is 8.42 Å². The summed E-state index contributed by atoms with van der Waals surface area (Å²) in [6.07, 6.45) is 1.68. The molecule has 1 N–H and O–H groups in total. The van der Waals surface area contributed by atoms with Crippen molar-refractivity contribution >= 4 is 21.2 Å². The molecule has 1 aromatic heterocycles. The highest BCUT2D eigenvalue weighted by atomic mass is 32.2. The van der Waals surface area contributed by atoms with Crippen LogP contribution in [0.1, 0.15) is 37.6 Å². The number of sulfone groups is 1. The van der Waals surface area contributed by atoms with Crippen LogP contribution in [-0.2, 0) is 9.84 Å². The summed E-state index contributed by atoms with van der Waals surface area (Å²) < 4.78 is 23.1. The molecule has 3 nitrogen and oxygen atoms in total. The fraction of sp³-hybridized carbons (Fsp3) is 0.667. The molecule has 0 amide bonds. The zero-order valence-corrected chi connectivity index (χ0v) is 12.1. The molecule has 1 rings (SSSR count). The quantitative estimate of drug-likeness (QED) is 0.793. The zero-order chi connectivity index (χ0) is 12.7. The van der Waals surface area contributed by atoms with Gasteiger partial charge in [0.25, 0.3) is 0 Å². The smallest absolute Gasteiger partial charge is 0.151 e. The Labute approximate surface area is 108 Å². The lowest BCUT2D eigenvalue weighted by molar-refractivity contribution is 0.538. The van der Waals surface area contributed by atoms with Gasteiger partial charge >= 0.3 is 0 Å². The van der Waals surface area contributed by atoms with Crippen LogP contribution in [0.15, 0.2) is 17.5 Å². The minimum Gasteiger partial charge on any atom is -0.308 e. The zero-order valence-electron chi connectivity index (χ0n) is 10.5. The Morgan fingerprint density at radius 1 is 1.35 bits per heavy atom. The molecule has 17 heavy (non-hydrogen) atoms. The molecule has 0 aliphatic heterocycles. The van der Waals surface area contributed by atoms with E-state index >= 15 is 0 Å². The molecule has 0 aliphatic carbocycles. The standard InChI is InChI=1S/C12H21NO2S2/c1-3-9-17(14,15)10-7-13-11(4-2)12-6-5-8-16-12/h5-6,8,11,13H,3-4,7,9-10H2,1-2H3. The summed E-state index contributed by atoms with van der Waals surface area (Å²) in [6, 6.07) is 4.40. The van der Waals surface area contributed by atoms with Crippen molar-refractivity contribution in [2.45, 2.75) is 32.7 Å². The van der Waals surface area contributed by atoms with Crippen LogP contribution < -0.4 is 5.32 Å². The first-order chi connectivity index (χ1) is 8.09. The van der Waals surface area contributed by atoms with E-state index in [4.69, 9.17) is 0 Å². The maximum atomic E-state index is 11.5. The largest absolute Gasteiger partial charge is 0.308 e. The monoisotopic (exact) mass is 275 g/mol. The highest BCUT2D eigenvalue weighted by Gasteiger charge is 2.12. The van der Waals surface area contributed by atoms with E-state index in [2.05, 4.69) is 18.3 Å². The first-order valence-electron chi connectivity index (χ1n) is 6.06. The van der Waals surface area contributed by atoms with Gasteiger partial charge in [-0.3, -0.25) is 0 Å². The van der Waals surface area contributed by atoms with Gasteiger partial charge in [0.15, 0.2) is 9.84 Å². The molecule has 0 aliphatic rings. The number of nitrogens with one attached hydrogen (secondary N) is 1. The summed E-state index contributed by atoms with van der Waals surface area (Å²) >= 11 is 1.71. The van der Waals surface area contributed by atoms with Crippen LogP contribution in [-0.4, -0.2) is 26.5 Å². The summed E-state index contributed by atoms with van der Waals surface area (Å²) in [5.41, 5.74) is 0. The van der Waals surface area contributed by atoms with Crippen LogP contribution >= 0.6 is 11.3 Å². The van der Waals surface area contributed by atoms with E-state index in [1.54, 1.807) is 11.3 Å². The number of hydrogen-bond acceptors (Lipinski definition) is 4. The molecule has 0 saturated carbocycles. The topological polar surface area (TPSA) is 46.2 Å². The van der Waals surface area contributed by atoms with Crippen molar-refractivity contribution in [1.29, 1.82) is 0 Å².